The van der Waals surface area contributed by atoms with E-state index in [2.05, 4.69) is 25.8 Å². The van der Waals surface area contributed by atoms with Crippen LogP contribution < -0.4 is 10.6 Å². The second-order valence-corrected chi connectivity index (χ2v) is 7.13. The Kier molecular flexibility index (Phi) is 6.60. The summed E-state index contributed by atoms with van der Waals surface area (Å²) in [4.78, 5) is 17.8. The summed E-state index contributed by atoms with van der Waals surface area (Å²) in [5, 5.41) is 14.2. The molecule has 1 aromatic heterocycles. The molecule has 1 aliphatic heterocycles. The molecule has 2 heterocycles. The van der Waals surface area contributed by atoms with Crippen LogP contribution in [0.25, 0.3) is 0 Å². The number of unbranched alkanes of at least 4 members (excludes halogenated alkanes) is 1. The van der Waals surface area contributed by atoms with Crippen LogP contribution in [-0.2, 0) is 11.3 Å². The van der Waals surface area contributed by atoms with Gasteiger partial charge in [0.25, 0.3) is 0 Å². The molecule has 1 aliphatic rings. The number of ether oxygens (including phenoxy) is 1. The molecule has 0 aromatic carbocycles. The van der Waals surface area contributed by atoms with E-state index in [4.69, 9.17) is 4.74 Å². The quantitative estimate of drug-likeness (QED) is 0.448. The molecule has 0 radical (unpaired) electrons. The first-order chi connectivity index (χ1) is 11.9. The molecule has 1 saturated heterocycles. The maximum atomic E-state index is 11.9. The summed E-state index contributed by atoms with van der Waals surface area (Å²) in [5.41, 5.74) is -0.458. The number of nitrogens with zero attached hydrogens (tertiary/aromatic N) is 5. The average Bonchev–Trinajstić information content (AvgIpc) is 2.99. The molecule has 0 atom stereocenters. The lowest BCUT2D eigenvalue weighted by atomic mass is 10.1. The molecule has 1 aromatic rings. The van der Waals surface area contributed by atoms with E-state index in [1.165, 1.54) is 0 Å². The molecule has 0 saturated carbocycles. The molecule has 2 rings (SSSR count). The third-order valence-electron chi connectivity index (χ3n) is 3.70. The second-order valence-electron chi connectivity index (χ2n) is 7.13. The number of aromatic nitrogens is 3. The van der Waals surface area contributed by atoms with E-state index in [0.29, 0.717) is 13.1 Å². The van der Waals surface area contributed by atoms with Gasteiger partial charge in [0.1, 0.15) is 18.3 Å². The van der Waals surface area contributed by atoms with Gasteiger partial charge in [-0.25, -0.2) is 4.79 Å². The van der Waals surface area contributed by atoms with Crippen molar-refractivity contribution in [3.8, 4) is 0 Å². The minimum atomic E-state index is -0.458. The topological polar surface area (TPSA) is 96.7 Å². The van der Waals surface area contributed by atoms with Crippen LogP contribution in [-0.4, -0.2) is 70.0 Å². The van der Waals surface area contributed by atoms with Gasteiger partial charge >= 0.3 is 6.09 Å². The van der Waals surface area contributed by atoms with Crippen LogP contribution >= 0.6 is 0 Å². The number of nitrogens with one attached hydrogen (secondary N) is 2. The third kappa shape index (κ3) is 6.60. The van der Waals surface area contributed by atoms with Crippen LogP contribution in [0.2, 0.25) is 0 Å². The van der Waals surface area contributed by atoms with Gasteiger partial charge in [-0.15, -0.1) is 10.2 Å². The highest BCUT2D eigenvalue weighted by Crippen LogP contribution is 2.15. The summed E-state index contributed by atoms with van der Waals surface area (Å²) in [6.45, 7) is 8.62. The summed E-state index contributed by atoms with van der Waals surface area (Å²) < 4.78 is 7.31. The number of carbonyl (C=O) groups excluding carboxylic acids is 1. The summed E-state index contributed by atoms with van der Waals surface area (Å²) in [6, 6.07) is 0.204. The standard InChI is InChI=1S/C16H29N7O2/c1-16(2,3)25-15(24)23-9-13(10-23)21-14(17-4)18-7-5-6-8-22-11-19-20-12-22/h11-13H,5-10H2,1-4H3,(H2,17,18,21). The Hall–Kier alpha value is -2.32. The van der Waals surface area contributed by atoms with Gasteiger partial charge in [0.05, 0.1) is 6.04 Å². The smallest absolute Gasteiger partial charge is 0.410 e. The van der Waals surface area contributed by atoms with E-state index < -0.39 is 5.60 Å². The predicted octanol–water partition coefficient (Wildman–Crippen LogP) is 0.843. The van der Waals surface area contributed by atoms with Gasteiger partial charge in [-0.2, -0.15) is 0 Å². The second kappa shape index (κ2) is 8.68. The summed E-state index contributed by atoms with van der Waals surface area (Å²) in [6.07, 6.45) is 5.25. The maximum absolute atomic E-state index is 11.9. The lowest BCUT2D eigenvalue weighted by Gasteiger charge is -2.40. The summed E-state index contributed by atoms with van der Waals surface area (Å²) >= 11 is 0. The van der Waals surface area contributed by atoms with Gasteiger partial charge in [0, 0.05) is 33.2 Å². The Morgan fingerprint density at radius 1 is 1.28 bits per heavy atom. The van der Waals surface area contributed by atoms with E-state index in [0.717, 1.165) is 31.9 Å². The highest BCUT2D eigenvalue weighted by Gasteiger charge is 2.34. The number of carbonyl (C=O) groups is 1. The van der Waals surface area contributed by atoms with Crippen LogP contribution in [0.5, 0.6) is 0 Å². The normalized spacial score (nSPS) is 15.7. The first-order valence-corrected chi connectivity index (χ1v) is 8.65. The van der Waals surface area contributed by atoms with Crippen molar-refractivity contribution in [2.75, 3.05) is 26.7 Å². The number of hydrogen-bond donors (Lipinski definition) is 2. The molecule has 0 unspecified atom stereocenters. The van der Waals surface area contributed by atoms with E-state index in [1.54, 1.807) is 24.6 Å². The van der Waals surface area contributed by atoms with Crippen molar-refractivity contribution in [2.45, 2.75) is 51.8 Å². The molecular weight excluding hydrogens is 322 g/mol. The van der Waals surface area contributed by atoms with Crippen molar-refractivity contribution >= 4 is 12.1 Å². The molecule has 2 N–H and O–H groups in total. The highest BCUT2D eigenvalue weighted by atomic mass is 16.6. The summed E-state index contributed by atoms with van der Waals surface area (Å²) in [7, 11) is 1.75. The third-order valence-corrected chi connectivity index (χ3v) is 3.70. The number of guanidine groups is 1. The lowest BCUT2D eigenvalue weighted by molar-refractivity contribution is 0.00701. The van der Waals surface area contributed by atoms with Crippen LogP contribution in [0.15, 0.2) is 17.6 Å². The van der Waals surface area contributed by atoms with Crippen LogP contribution in [0.3, 0.4) is 0 Å². The number of aryl methyl sites for hydroxylation is 1. The van der Waals surface area contributed by atoms with Crippen molar-refractivity contribution in [3.63, 3.8) is 0 Å². The number of aliphatic imine (C=N–C) groups is 1. The molecule has 1 fully saturated rings. The van der Waals surface area contributed by atoms with Gasteiger partial charge in [-0.3, -0.25) is 4.99 Å². The zero-order valence-corrected chi connectivity index (χ0v) is 15.5. The Morgan fingerprint density at radius 2 is 1.96 bits per heavy atom. The van der Waals surface area contributed by atoms with Gasteiger partial charge < -0.3 is 24.8 Å². The van der Waals surface area contributed by atoms with Crippen molar-refractivity contribution in [1.82, 2.24) is 30.3 Å². The van der Waals surface area contributed by atoms with Gasteiger partial charge in [-0.05, 0) is 33.6 Å². The molecule has 0 bridgehead atoms. The van der Waals surface area contributed by atoms with Crippen molar-refractivity contribution in [3.05, 3.63) is 12.7 Å². The van der Waals surface area contributed by atoms with Crippen molar-refractivity contribution in [1.29, 1.82) is 0 Å². The van der Waals surface area contributed by atoms with Gasteiger partial charge in [0.2, 0.25) is 0 Å². The zero-order valence-electron chi connectivity index (χ0n) is 15.5. The SMILES string of the molecule is CN=C(NCCCCn1cnnc1)NC1CN(C(=O)OC(C)(C)C)C1. The molecule has 140 valence electrons. The summed E-state index contributed by atoms with van der Waals surface area (Å²) in [5.74, 6) is 0.762. The van der Waals surface area contributed by atoms with Gasteiger partial charge in [0.15, 0.2) is 5.96 Å². The van der Waals surface area contributed by atoms with E-state index in [9.17, 15) is 4.79 Å². The first-order valence-electron chi connectivity index (χ1n) is 8.65. The fraction of sp³-hybridized carbons (Fsp3) is 0.750. The average molecular weight is 351 g/mol. The molecular formula is C16H29N7O2. The van der Waals surface area contributed by atoms with Gasteiger partial charge in [-0.1, -0.05) is 0 Å². The highest BCUT2D eigenvalue weighted by molar-refractivity contribution is 5.80. The maximum Gasteiger partial charge on any atom is 0.410 e. The number of likely N-dealkylation sites (tertiary alicyclic amines) is 1. The van der Waals surface area contributed by atoms with Crippen molar-refractivity contribution in [2.24, 2.45) is 4.99 Å². The number of rotatable bonds is 6. The number of amides is 1. The van der Waals surface area contributed by atoms with E-state index >= 15 is 0 Å². The monoisotopic (exact) mass is 351 g/mol. The molecule has 0 aliphatic carbocycles. The molecule has 1 amide bonds. The first kappa shape index (κ1) is 19.0. The van der Waals surface area contributed by atoms with Crippen LogP contribution in [0.1, 0.15) is 33.6 Å². The Balaban J connectivity index is 1.57. The minimum absolute atomic E-state index is 0.204. The molecule has 0 spiro atoms. The molecule has 9 heteroatoms. The molecule has 9 nitrogen and oxygen atoms in total. The van der Waals surface area contributed by atoms with E-state index in [1.807, 2.05) is 25.3 Å². The zero-order chi connectivity index (χ0) is 18.3. The minimum Gasteiger partial charge on any atom is -0.444 e. The molecule has 25 heavy (non-hydrogen) atoms. The largest absolute Gasteiger partial charge is 0.444 e. The predicted molar refractivity (Wildman–Crippen MR) is 95.3 cm³/mol. The fourth-order valence-corrected chi connectivity index (χ4v) is 2.40. The van der Waals surface area contributed by atoms with Crippen molar-refractivity contribution < 1.29 is 9.53 Å². The van der Waals surface area contributed by atoms with Crippen LogP contribution in [0.4, 0.5) is 4.79 Å². The lowest BCUT2D eigenvalue weighted by Crippen LogP contribution is -2.63. The Labute approximate surface area is 148 Å². The fourth-order valence-electron chi connectivity index (χ4n) is 2.40. The Morgan fingerprint density at radius 3 is 2.56 bits per heavy atom. The van der Waals surface area contributed by atoms with Crippen LogP contribution in [0, 0.1) is 0 Å². The Bertz CT molecular complexity index is 560. The van der Waals surface area contributed by atoms with E-state index in [-0.39, 0.29) is 12.1 Å². The number of hydrogen-bond acceptors (Lipinski definition) is 5.